The first-order chi connectivity index (χ1) is 13.1. The molecular weight excluding hydrogens is 338 g/mol. The number of rotatable bonds is 3. The molecule has 0 bridgehead atoms. The Kier molecular flexibility index (Phi) is 4.09. The molecule has 0 fully saturated rings. The predicted molar refractivity (Wildman–Crippen MR) is 105 cm³/mol. The van der Waals surface area contributed by atoms with Crippen molar-refractivity contribution in [3.05, 3.63) is 95.7 Å². The maximum atomic E-state index is 13.1. The summed E-state index contributed by atoms with van der Waals surface area (Å²) in [5, 5.41) is 10.1. The predicted octanol–water partition coefficient (Wildman–Crippen LogP) is 5.00. The summed E-state index contributed by atoms with van der Waals surface area (Å²) in [7, 11) is 0. The molecule has 4 aromatic rings. The van der Waals surface area contributed by atoms with Gasteiger partial charge in [0.2, 0.25) is 0 Å². The van der Waals surface area contributed by atoms with E-state index in [2.05, 4.69) is 0 Å². The van der Waals surface area contributed by atoms with Gasteiger partial charge in [0, 0.05) is 16.6 Å². The topological polar surface area (TPSA) is 59.3 Å². The zero-order valence-electron chi connectivity index (χ0n) is 14.7. The highest BCUT2D eigenvalue weighted by Gasteiger charge is 2.23. The Bertz CT molecular complexity index is 1160. The fraction of sp³-hybridized carbons (Fsp3) is 0.0435. The van der Waals surface area contributed by atoms with Crippen LogP contribution < -0.4 is 0 Å². The van der Waals surface area contributed by atoms with Gasteiger partial charge in [0.1, 0.15) is 0 Å². The number of para-hydroxylation sites is 1. The minimum atomic E-state index is -1.03. The summed E-state index contributed by atoms with van der Waals surface area (Å²) >= 11 is 0. The number of benzene rings is 3. The van der Waals surface area contributed by atoms with Crippen molar-refractivity contribution in [3.63, 3.8) is 0 Å². The molecule has 0 saturated carbocycles. The highest BCUT2D eigenvalue weighted by Crippen LogP contribution is 2.27. The van der Waals surface area contributed by atoms with Gasteiger partial charge in [0.05, 0.1) is 11.1 Å². The van der Waals surface area contributed by atoms with E-state index in [-0.39, 0.29) is 11.5 Å². The first-order valence-electron chi connectivity index (χ1n) is 8.61. The molecule has 0 atom stereocenters. The molecule has 1 N–H and O–H groups in total. The fourth-order valence-electron chi connectivity index (χ4n) is 3.46. The lowest BCUT2D eigenvalue weighted by atomic mass is 10.0. The van der Waals surface area contributed by atoms with Crippen molar-refractivity contribution in [2.24, 2.45) is 0 Å². The third-order valence-corrected chi connectivity index (χ3v) is 4.77. The number of carboxylic acid groups (broad SMARTS) is 1. The number of carbonyl (C=O) groups excluding carboxylic acids is 1. The molecule has 0 spiro atoms. The quantitative estimate of drug-likeness (QED) is 0.562. The molecule has 132 valence electrons. The molecule has 0 radical (unpaired) electrons. The monoisotopic (exact) mass is 355 g/mol. The van der Waals surface area contributed by atoms with E-state index in [1.807, 2.05) is 42.5 Å². The number of hydrogen-bond acceptors (Lipinski definition) is 2. The lowest BCUT2D eigenvalue weighted by molar-refractivity contribution is 0.0698. The summed E-state index contributed by atoms with van der Waals surface area (Å²) in [4.78, 5) is 24.8. The molecular formula is C23H17NO3. The van der Waals surface area contributed by atoms with Gasteiger partial charge in [0.25, 0.3) is 5.91 Å². The van der Waals surface area contributed by atoms with Gasteiger partial charge in [-0.2, -0.15) is 0 Å². The van der Waals surface area contributed by atoms with Gasteiger partial charge >= 0.3 is 5.97 Å². The smallest absolute Gasteiger partial charge is 0.338 e. The van der Waals surface area contributed by atoms with Crippen molar-refractivity contribution < 1.29 is 14.7 Å². The second-order valence-corrected chi connectivity index (χ2v) is 6.37. The van der Waals surface area contributed by atoms with Gasteiger partial charge in [-0.3, -0.25) is 9.36 Å². The number of nitrogens with zero attached hydrogens (tertiary/aromatic N) is 1. The summed E-state index contributed by atoms with van der Waals surface area (Å²) in [6.07, 6.45) is 0. The Morgan fingerprint density at radius 2 is 1.37 bits per heavy atom. The average molecular weight is 355 g/mol. The zero-order valence-corrected chi connectivity index (χ0v) is 14.7. The summed E-state index contributed by atoms with van der Waals surface area (Å²) < 4.78 is 1.48. The van der Waals surface area contributed by atoms with Gasteiger partial charge in [0.15, 0.2) is 0 Å². The largest absolute Gasteiger partial charge is 0.478 e. The molecule has 0 saturated heterocycles. The van der Waals surface area contributed by atoms with E-state index < -0.39 is 5.97 Å². The lowest BCUT2D eigenvalue weighted by Gasteiger charge is -2.08. The Balaban J connectivity index is 1.80. The molecule has 4 nitrogen and oxygen atoms in total. The maximum absolute atomic E-state index is 13.1. The number of aromatic carboxylic acids is 1. The number of aromatic nitrogens is 1. The minimum Gasteiger partial charge on any atom is -0.478 e. The number of carbonyl (C=O) groups is 2. The summed E-state index contributed by atoms with van der Waals surface area (Å²) in [6, 6.07) is 24.4. The second-order valence-electron chi connectivity index (χ2n) is 6.37. The number of fused-ring (bicyclic) bond motifs is 1. The molecule has 0 amide bonds. The van der Waals surface area contributed by atoms with Crippen molar-refractivity contribution in [3.8, 4) is 11.1 Å². The Morgan fingerprint density at radius 3 is 2.04 bits per heavy atom. The van der Waals surface area contributed by atoms with Crippen molar-refractivity contribution in [2.75, 3.05) is 0 Å². The lowest BCUT2D eigenvalue weighted by Crippen LogP contribution is -2.14. The van der Waals surface area contributed by atoms with Crippen LogP contribution in [0.4, 0.5) is 0 Å². The normalized spacial score (nSPS) is 10.9. The maximum Gasteiger partial charge on any atom is 0.338 e. The molecule has 1 aromatic heterocycles. The molecule has 3 aromatic carbocycles. The minimum absolute atomic E-state index is 0.167. The highest BCUT2D eigenvalue weighted by molar-refractivity contribution is 6.11. The van der Waals surface area contributed by atoms with Gasteiger partial charge < -0.3 is 5.11 Å². The molecule has 0 aliphatic rings. The van der Waals surface area contributed by atoms with Crippen LogP contribution in [0.25, 0.3) is 22.0 Å². The first-order valence-corrected chi connectivity index (χ1v) is 8.61. The summed E-state index contributed by atoms with van der Waals surface area (Å²) in [5.41, 5.74) is 3.81. The van der Waals surface area contributed by atoms with Crippen LogP contribution in [0.3, 0.4) is 0 Å². The van der Waals surface area contributed by atoms with Crippen LogP contribution in [0.2, 0.25) is 0 Å². The third kappa shape index (κ3) is 2.81. The van der Waals surface area contributed by atoms with E-state index in [1.54, 1.807) is 43.3 Å². The van der Waals surface area contributed by atoms with Crippen LogP contribution in [-0.4, -0.2) is 21.6 Å². The summed E-state index contributed by atoms with van der Waals surface area (Å²) in [6.45, 7) is 1.67. The molecule has 4 rings (SSSR count). The van der Waals surface area contributed by atoms with E-state index in [0.29, 0.717) is 22.2 Å². The second kappa shape index (κ2) is 6.57. The summed E-state index contributed by atoms with van der Waals surface area (Å²) in [5.74, 6) is -1.27. The van der Waals surface area contributed by atoms with E-state index in [4.69, 9.17) is 0 Å². The van der Waals surface area contributed by atoms with Crippen LogP contribution in [0.15, 0.2) is 78.9 Å². The zero-order chi connectivity index (χ0) is 19.0. The molecule has 0 unspecified atom stereocenters. The molecule has 1 heterocycles. The standard InChI is InChI=1S/C23H17NO3/c1-15-21(23(26)27)19-9-5-6-10-20(19)24(15)22(25)18-13-11-17(12-14-18)16-7-3-2-4-8-16/h2-14H,1H3,(H,26,27). The molecule has 27 heavy (non-hydrogen) atoms. The van der Waals surface area contributed by atoms with Crippen molar-refractivity contribution in [1.29, 1.82) is 0 Å². The third-order valence-electron chi connectivity index (χ3n) is 4.77. The Morgan fingerprint density at radius 1 is 0.778 bits per heavy atom. The van der Waals surface area contributed by atoms with E-state index in [0.717, 1.165) is 11.1 Å². The average Bonchev–Trinajstić information content (AvgIpc) is 3.00. The fourth-order valence-corrected chi connectivity index (χ4v) is 3.46. The van der Waals surface area contributed by atoms with Gasteiger partial charge in [-0.25, -0.2) is 4.79 Å². The van der Waals surface area contributed by atoms with Crippen LogP contribution >= 0.6 is 0 Å². The van der Waals surface area contributed by atoms with Crippen molar-refractivity contribution >= 4 is 22.8 Å². The van der Waals surface area contributed by atoms with Gasteiger partial charge in [-0.1, -0.05) is 60.7 Å². The Hall–Kier alpha value is -3.66. The van der Waals surface area contributed by atoms with Crippen molar-refractivity contribution in [1.82, 2.24) is 4.57 Å². The highest BCUT2D eigenvalue weighted by atomic mass is 16.4. The van der Waals surface area contributed by atoms with E-state index >= 15 is 0 Å². The Labute approximate surface area is 156 Å². The van der Waals surface area contributed by atoms with E-state index in [9.17, 15) is 14.7 Å². The van der Waals surface area contributed by atoms with Gasteiger partial charge in [-0.05, 0) is 36.2 Å². The van der Waals surface area contributed by atoms with Gasteiger partial charge in [-0.15, -0.1) is 0 Å². The first kappa shape index (κ1) is 16.8. The molecule has 4 heteroatoms. The SMILES string of the molecule is Cc1c(C(=O)O)c2ccccc2n1C(=O)c1ccc(-c2ccccc2)cc1. The van der Waals surface area contributed by atoms with E-state index in [1.165, 1.54) is 4.57 Å². The van der Waals surface area contributed by atoms with Crippen LogP contribution in [0.5, 0.6) is 0 Å². The molecule has 0 aliphatic carbocycles. The van der Waals surface area contributed by atoms with Crippen LogP contribution in [-0.2, 0) is 0 Å². The number of hydrogen-bond donors (Lipinski definition) is 1. The van der Waals surface area contributed by atoms with Crippen LogP contribution in [0, 0.1) is 6.92 Å². The van der Waals surface area contributed by atoms with Crippen LogP contribution in [0.1, 0.15) is 26.4 Å². The number of carboxylic acids is 1. The molecule has 0 aliphatic heterocycles. The van der Waals surface area contributed by atoms with Crippen molar-refractivity contribution in [2.45, 2.75) is 6.92 Å².